The summed E-state index contributed by atoms with van der Waals surface area (Å²) < 4.78 is 0. The summed E-state index contributed by atoms with van der Waals surface area (Å²) in [6.45, 7) is 0.103. The van der Waals surface area contributed by atoms with Gasteiger partial charge in [-0.05, 0) is 31.4 Å². The highest BCUT2D eigenvalue weighted by Crippen LogP contribution is 2.31. The first kappa shape index (κ1) is 13.8. The molecule has 1 fully saturated rings. The van der Waals surface area contributed by atoms with Crippen LogP contribution in [0.25, 0.3) is 0 Å². The lowest BCUT2D eigenvalue weighted by molar-refractivity contribution is -0.385. The lowest BCUT2D eigenvalue weighted by atomic mass is 9.80. The first-order valence-corrected chi connectivity index (χ1v) is 6.24. The smallest absolute Gasteiger partial charge is 0.283 e. The highest BCUT2D eigenvalue weighted by Gasteiger charge is 2.35. The van der Waals surface area contributed by atoms with Crippen molar-refractivity contribution < 1.29 is 14.8 Å². The van der Waals surface area contributed by atoms with Crippen LogP contribution in [0.15, 0.2) is 18.2 Å². The fourth-order valence-electron chi connectivity index (χ4n) is 1.95. The average molecular weight is 285 g/mol. The van der Waals surface area contributed by atoms with E-state index in [0.29, 0.717) is 12.8 Å². The van der Waals surface area contributed by atoms with Crippen molar-refractivity contribution in [3.05, 3.63) is 38.9 Å². The summed E-state index contributed by atoms with van der Waals surface area (Å²) in [6, 6.07) is 3.86. The molecule has 0 radical (unpaired) electrons. The Kier molecular flexibility index (Phi) is 3.73. The van der Waals surface area contributed by atoms with Crippen LogP contribution in [0.1, 0.15) is 29.6 Å². The minimum Gasteiger partial charge on any atom is -0.388 e. The monoisotopic (exact) mass is 284 g/mol. The molecule has 0 atom stereocenters. The van der Waals surface area contributed by atoms with E-state index in [2.05, 4.69) is 5.32 Å². The van der Waals surface area contributed by atoms with E-state index in [9.17, 15) is 20.0 Å². The fourth-order valence-corrected chi connectivity index (χ4v) is 2.12. The van der Waals surface area contributed by atoms with Gasteiger partial charge in [0.05, 0.1) is 10.5 Å². The SMILES string of the molecule is O=C(NCC1(O)CCC1)c1ccc(Cl)cc1[N+](=O)[O-]. The molecule has 1 aliphatic rings. The fraction of sp³-hybridized carbons (Fsp3) is 0.417. The number of carbonyl (C=O) groups excluding carboxylic acids is 1. The van der Waals surface area contributed by atoms with Crippen molar-refractivity contribution in [2.75, 3.05) is 6.54 Å². The van der Waals surface area contributed by atoms with Crippen molar-refractivity contribution in [1.82, 2.24) is 5.32 Å². The second-order valence-electron chi connectivity index (χ2n) is 4.68. The zero-order chi connectivity index (χ0) is 14.0. The Morgan fingerprint density at radius 2 is 2.21 bits per heavy atom. The summed E-state index contributed by atoms with van der Waals surface area (Å²) in [5, 5.41) is 23.4. The topological polar surface area (TPSA) is 92.5 Å². The number of amides is 1. The Balaban J connectivity index is 2.12. The van der Waals surface area contributed by atoms with Crippen molar-refractivity contribution in [3.8, 4) is 0 Å². The first-order valence-electron chi connectivity index (χ1n) is 5.86. The number of nitrogens with one attached hydrogen (secondary N) is 1. The minimum atomic E-state index is -0.864. The van der Waals surface area contributed by atoms with Crippen molar-refractivity contribution >= 4 is 23.2 Å². The average Bonchev–Trinajstić information content (AvgIpc) is 2.33. The molecular weight excluding hydrogens is 272 g/mol. The van der Waals surface area contributed by atoms with Crippen LogP contribution in [-0.4, -0.2) is 28.1 Å². The zero-order valence-corrected chi connectivity index (χ0v) is 10.8. The minimum absolute atomic E-state index is 0.0580. The van der Waals surface area contributed by atoms with Gasteiger partial charge in [0.2, 0.25) is 0 Å². The summed E-state index contributed by atoms with van der Waals surface area (Å²) in [6.07, 6.45) is 2.19. The van der Waals surface area contributed by atoms with Crippen LogP contribution in [0.3, 0.4) is 0 Å². The molecule has 0 aliphatic heterocycles. The van der Waals surface area contributed by atoms with Gasteiger partial charge >= 0.3 is 0 Å². The van der Waals surface area contributed by atoms with E-state index in [0.717, 1.165) is 12.5 Å². The lowest BCUT2D eigenvalue weighted by Gasteiger charge is -2.36. The molecule has 2 N–H and O–H groups in total. The van der Waals surface area contributed by atoms with Crippen LogP contribution >= 0.6 is 11.6 Å². The number of hydrogen-bond acceptors (Lipinski definition) is 4. The lowest BCUT2D eigenvalue weighted by Crippen LogP contribution is -2.47. The Morgan fingerprint density at radius 1 is 1.53 bits per heavy atom. The highest BCUT2D eigenvalue weighted by molar-refractivity contribution is 6.31. The van der Waals surface area contributed by atoms with Crippen molar-refractivity contribution in [2.24, 2.45) is 0 Å². The van der Waals surface area contributed by atoms with Crippen LogP contribution < -0.4 is 5.32 Å². The second kappa shape index (κ2) is 5.14. The predicted molar refractivity (Wildman–Crippen MR) is 69.2 cm³/mol. The Bertz CT molecular complexity index is 528. The second-order valence-corrected chi connectivity index (χ2v) is 5.12. The number of rotatable bonds is 4. The number of hydrogen-bond donors (Lipinski definition) is 2. The normalized spacial score (nSPS) is 16.5. The van der Waals surface area contributed by atoms with Crippen LogP contribution in [0.5, 0.6) is 0 Å². The van der Waals surface area contributed by atoms with E-state index >= 15 is 0 Å². The van der Waals surface area contributed by atoms with Gasteiger partial charge in [-0.2, -0.15) is 0 Å². The molecule has 1 saturated carbocycles. The molecule has 1 aromatic carbocycles. The molecule has 1 aliphatic carbocycles. The van der Waals surface area contributed by atoms with Crippen molar-refractivity contribution in [1.29, 1.82) is 0 Å². The van der Waals surface area contributed by atoms with Gasteiger partial charge in [-0.3, -0.25) is 14.9 Å². The Labute approximate surface area is 114 Å². The molecule has 1 amide bonds. The van der Waals surface area contributed by atoms with Gasteiger partial charge in [0.15, 0.2) is 0 Å². The molecule has 2 rings (SSSR count). The number of nitrogens with zero attached hydrogens (tertiary/aromatic N) is 1. The summed E-state index contributed by atoms with van der Waals surface area (Å²) >= 11 is 5.67. The molecule has 0 spiro atoms. The number of carbonyl (C=O) groups is 1. The molecule has 0 bridgehead atoms. The maximum absolute atomic E-state index is 11.9. The van der Waals surface area contributed by atoms with Gasteiger partial charge in [0.1, 0.15) is 5.56 Å². The van der Waals surface area contributed by atoms with E-state index < -0.39 is 16.4 Å². The van der Waals surface area contributed by atoms with Crippen molar-refractivity contribution in [3.63, 3.8) is 0 Å². The molecule has 19 heavy (non-hydrogen) atoms. The molecule has 7 heteroatoms. The van der Waals surface area contributed by atoms with Crippen LogP contribution in [-0.2, 0) is 0 Å². The summed E-state index contributed by atoms with van der Waals surface area (Å²) in [5.41, 5.74) is -1.26. The number of aliphatic hydroxyl groups is 1. The molecule has 0 unspecified atom stereocenters. The van der Waals surface area contributed by atoms with Crippen LogP contribution in [0.2, 0.25) is 5.02 Å². The quantitative estimate of drug-likeness (QED) is 0.652. The first-order chi connectivity index (χ1) is 8.91. The van der Waals surface area contributed by atoms with Gasteiger partial charge in [-0.25, -0.2) is 0 Å². The van der Waals surface area contributed by atoms with Gasteiger partial charge in [0.25, 0.3) is 11.6 Å². The van der Waals surface area contributed by atoms with E-state index in [4.69, 9.17) is 11.6 Å². The van der Waals surface area contributed by atoms with E-state index in [-0.39, 0.29) is 22.8 Å². The molecule has 0 saturated heterocycles. The molecule has 1 aromatic rings. The van der Waals surface area contributed by atoms with E-state index in [1.165, 1.54) is 12.1 Å². The number of nitro groups is 1. The standard InChI is InChI=1S/C12H13ClN2O4/c13-8-2-3-9(10(6-8)15(18)19)11(16)14-7-12(17)4-1-5-12/h2-3,6,17H,1,4-5,7H2,(H,14,16). The predicted octanol–water partition coefficient (Wildman–Crippen LogP) is 1.89. The third kappa shape index (κ3) is 3.02. The molecular formula is C12H13ClN2O4. The zero-order valence-electron chi connectivity index (χ0n) is 10.1. The highest BCUT2D eigenvalue weighted by atomic mass is 35.5. The van der Waals surface area contributed by atoms with Crippen LogP contribution in [0.4, 0.5) is 5.69 Å². The Morgan fingerprint density at radius 3 is 2.74 bits per heavy atom. The Hall–Kier alpha value is -1.66. The summed E-state index contributed by atoms with van der Waals surface area (Å²) in [4.78, 5) is 22.1. The summed E-state index contributed by atoms with van der Waals surface area (Å²) in [7, 11) is 0. The van der Waals surface area contributed by atoms with Gasteiger partial charge in [-0.1, -0.05) is 11.6 Å². The molecule has 6 nitrogen and oxygen atoms in total. The van der Waals surface area contributed by atoms with E-state index in [1.54, 1.807) is 0 Å². The number of halogens is 1. The third-order valence-corrected chi connectivity index (χ3v) is 3.50. The molecule has 102 valence electrons. The number of nitro benzene ring substituents is 1. The van der Waals surface area contributed by atoms with Gasteiger partial charge in [-0.15, -0.1) is 0 Å². The molecule has 0 aromatic heterocycles. The van der Waals surface area contributed by atoms with E-state index in [1.807, 2.05) is 0 Å². The van der Waals surface area contributed by atoms with Gasteiger partial charge < -0.3 is 10.4 Å². The summed E-state index contributed by atoms with van der Waals surface area (Å²) in [5.74, 6) is -0.580. The van der Waals surface area contributed by atoms with Gasteiger partial charge in [0, 0.05) is 17.6 Å². The van der Waals surface area contributed by atoms with Crippen LogP contribution in [0, 0.1) is 10.1 Å². The largest absolute Gasteiger partial charge is 0.388 e. The van der Waals surface area contributed by atoms with Crippen molar-refractivity contribution in [2.45, 2.75) is 24.9 Å². The maximum atomic E-state index is 11.9. The number of benzene rings is 1. The maximum Gasteiger partial charge on any atom is 0.283 e. The molecule has 0 heterocycles. The third-order valence-electron chi connectivity index (χ3n) is 3.26.